The number of hydrogen-bond donors (Lipinski definition) is 0. The summed E-state index contributed by atoms with van der Waals surface area (Å²) in [6.45, 7) is 0. The molecule has 0 N–H and O–H groups in total. The second-order valence-corrected chi connectivity index (χ2v) is 13.8. The molecular weight excluding hydrogens is 660 g/mol. The second-order valence-electron chi connectivity index (χ2n) is 10.0. The zero-order valence-electron chi connectivity index (χ0n) is 23.5. The van der Waals surface area contributed by atoms with Crippen molar-refractivity contribution in [3.8, 4) is 0 Å². The van der Waals surface area contributed by atoms with Crippen LogP contribution in [0.5, 0.6) is 0 Å². The summed E-state index contributed by atoms with van der Waals surface area (Å²) in [7, 11) is -6.70. The highest BCUT2D eigenvalue weighted by Gasteiger charge is 2.31. The Morgan fingerprint density at radius 3 is 1.39 bits per heavy atom. The van der Waals surface area contributed by atoms with Crippen LogP contribution >= 0.6 is 22.5 Å². The van der Waals surface area contributed by atoms with Crippen LogP contribution in [-0.4, -0.2) is 4.86 Å². The Hall–Kier alpha value is -4.00. The molecule has 232 valence electrons. The normalized spacial score (nSPS) is 16.8. The summed E-state index contributed by atoms with van der Waals surface area (Å²) in [6, 6.07) is 22.6. The Balaban J connectivity index is 1.55. The van der Waals surface area contributed by atoms with Crippen LogP contribution in [0, 0.1) is 33.5 Å². The fourth-order valence-electron chi connectivity index (χ4n) is 4.72. The third-order valence-electron chi connectivity index (χ3n) is 6.80. The quantitative estimate of drug-likeness (QED) is 0.163. The van der Waals surface area contributed by atoms with E-state index in [1.54, 1.807) is 36.4 Å². The fourth-order valence-corrected chi connectivity index (χ4v) is 8.44. The zero-order valence-corrected chi connectivity index (χ0v) is 25.9. The Morgan fingerprint density at radius 2 is 0.957 bits per heavy atom. The van der Waals surface area contributed by atoms with E-state index >= 15 is 0 Å². The predicted molar refractivity (Wildman–Crippen MR) is 166 cm³/mol. The van der Waals surface area contributed by atoms with Crippen LogP contribution in [-0.2, 0) is 3.74 Å². The van der Waals surface area contributed by atoms with Crippen molar-refractivity contribution in [3.05, 3.63) is 184 Å². The molecule has 2 heterocycles. The lowest BCUT2D eigenvalue weighted by atomic mass is 10.0. The highest BCUT2D eigenvalue weighted by atomic mass is 35.7. The number of rotatable bonds is 7. The van der Waals surface area contributed by atoms with Gasteiger partial charge in [0.1, 0.15) is 37.8 Å². The first kappa shape index (κ1) is 32.0. The molecule has 0 aliphatic carbocycles. The molecule has 2 aliphatic rings. The molecule has 2 aliphatic heterocycles. The van der Waals surface area contributed by atoms with E-state index in [2.05, 4.69) is 0 Å². The molecule has 0 fully saturated rings. The number of allylic oxidation sites excluding steroid dienone is 7. The first-order valence-electron chi connectivity index (χ1n) is 13.5. The van der Waals surface area contributed by atoms with Crippen LogP contribution in [0.1, 0.15) is 22.3 Å². The first-order chi connectivity index (χ1) is 22.0. The van der Waals surface area contributed by atoms with Crippen LogP contribution in [0.4, 0.5) is 17.6 Å². The van der Waals surface area contributed by atoms with Crippen LogP contribution < -0.4 is 14.0 Å². The van der Waals surface area contributed by atoms with E-state index in [9.17, 15) is 31.5 Å². The molecule has 11 heteroatoms. The van der Waals surface area contributed by atoms with Crippen molar-refractivity contribution in [2.45, 2.75) is 0 Å². The molecule has 0 saturated heterocycles. The number of benzene rings is 4. The monoisotopic (exact) mass is 680 g/mol. The minimum Gasteiger partial charge on any atom is -0.207 e. The third kappa shape index (κ3) is 7.68. The molecule has 1 unspecified atom stereocenters. The van der Waals surface area contributed by atoms with E-state index < -0.39 is 32.6 Å². The van der Waals surface area contributed by atoms with E-state index in [0.29, 0.717) is 22.3 Å². The van der Waals surface area contributed by atoms with E-state index in [1.807, 2.05) is 18.2 Å². The van der Waals surface area contributed by atoms with E-state index in [4.69, 9.17) is 3.74 Å². The second kappa shape index (κ2) is 13.4. The first-order valence-corrected chi connectivity index (χ1v) is 16.7. The molecule has 0 bridgehead atoms. The summed E-state index contributed by atoms with van der Waals surface area (Å²) >= 11 is 1.42. The highest BCUT2D eigenvalue weighted by Crippen LogP contribution is 2.46. The molecule has 0 saturated carbocycles. The van der Waals surface area contributed by atoms with E-state index in [1.165, 1.54) is 84.6 Å². The van der Waals surface area contributed by atoms with Crippen molar-refractivity contribution < 1.29 is 45.5 Å². The minimum absolute atomic E-state index is 0.274. The average molecular weight is 681 g/mol. The average Bonchev–Trinajstić information content (AvgIpc) is 3.02. The zero-order chi connectivity index (χ0) is 32.4. The summed E-state index contributed by atoms with van der Waals surface area (Å²) in [5, 5.41) is 0. The molecule has 4 nitrogen and oxygen atoms in total. The third-order valence-corrected chi connectivity index (χ3v) is 10.6. The fraction of sp³-hybridized carbons (Fsp3) is 0. The number of hydrogen-bond acceptors (Lipinski definition) is 5. The summed E-state index contributed by atoms with van der Waals surface area (Å²) in [6.07, 6.45) is 8.86. The van der Waals surface area contributed by atoms with E-state index in [-0.39, 0.29) is 21.4 Å². The van der Waals surface area contributed by atoms with Crippen molar-refractivity contribution in [2.24, 2.45) is 0 Å². The molecule has 0 aromatic heterocycles. The van der Waals surface area contributed by atoms with Gasteiger partial charge in [-0.3, -0.25) is 0 Å². The molecule has 0 amide bonds. The Kier molecular flexibility index (Phi) is 9.30. The largest absolute Gasteiger partial charge is 0.207 e. The molecule has 0 radical (unpaired) electrons. The topological polar surface area (TPSA) is 78.4 Å². The van der Waals surface area contributed by atoms with Gasteiger partial charge in [-0.25, -0.2) is 17.6 Å². The van der Waals surface area contributed by atoms with Gasteiger partial charge >= 0.3 is 0 Å². The molecule has 4 aromatic carbocycles. The maximum atomic E-state index is 13.9. The summed E-state index contributed by atoms with van der Waals surface area (Å²) < 4.78 is 95.9. The molecule has 4 aromatic rings. The van der Waals surface area contributed by atoms with Crippen molar-refractivity contribution in [1.29, 1.82) is 0 Å². The lowest BCUT2D eigenvalue weighted by Gasteiger charge is -2.22. The van der Waals surface area contributed by atoms with E-state index in [0.717, 1.165) is 20.9 Å². The minimum atomic E-state index is -4.90. The van der Waals surface area contributed by atoms with Gasteiger partial charge in [-0.05, 0) is 112 Å². The van der Waals surface area contributed by atoms with Gasteiger partial charge in [0.15, 0.2) is 0 Å². The predicted octanol–water partition coefficient (Wildman–Crippen LogP) is 6.60. The van der Waals surface area contributed by atoms with Crippen molar-refractivity contribution in [1.82, 2.24) is 0 Å². The Labute approximate surface area is 270 Å². The Bertz CT molecular complexity index is 1910. The van der Waals surface area contributed by atoms with Gasteiger partial charge in [0.2, 0.25) is 0 Å². The smallest absolute Gasteiger partial charge is 0.148 e. The molecular formula is C35H21ClF4O4S2. The van der Waals surface area contributed by atoms with Crippen LogP contribution in [0.15, 0.2) is 139 Å². The lowest BCUT2D eigenvalue weighted by Crippen LogP contribution is -2.60. The molecule has 1 atom stereocenters. The van der Waals surface area contributed by atoms with Crippen molar-refractivity contribution in [3.63, 3.8) is 0 Å². The summed E-state index contributed by atoms with van der Waals surface area (Å²) in [5.41, 5.74) is 3.54. The highest BCUT2D eigenvalue weighted by molar-refractivity contribution is 8.20. The summed E-state index contributed by atoms with van der Waals surface area (Å²) in [5.74, 6) is -1.82. The number of thioether (sulfide) groups is 1. The van der Waals surface area contributed by atoms with Gasteiger partial charge in [-0.1, -0.05) is 60.3 Å². The SMILES string of the molecule is [O-][Cl+3]([O-])([O-])OS1=C(c2ccc(F)cc2)C=C(C=C2C=C(c3ccc(F)cc3)SC(c3ccc(F)cc3)=C2)C=C1c1ccc(F)cc1. The van der Waals surface area contributed by atoms with Crippen LogP contribution in [0.2, 0.25) is 0 Å². The molecule has 6 rings (SSSR count). The number of halogens is 5. The van der Waals surface area contributed by atoms with Gasteiger partial charge in [0.05, 0.1) is 20.0 Å². The van der Waals surface area contributed by atoms with Gasteiger partial charge in [0, 0.05) is 9.81 Å². The molecule has 46 heavy (non-hydrogen) atoms. The lowest BCUT2D eigenvalue weighted by molar-refractivity contribution is -1.91. The van der Waals surface area contributed by atoms with Gasteiger partial charge in [-0.15, -0.1) is 0 Å². The van der Waals surface area contributed by atoms with Gasteiger partial charge < -0.3 is 0 Å². The van der Waals surface area contributed by atoms with Gasteiger partial charge in [-0.2, -0.15) is 14.0 Å². The van der Waals surface area contributed by atoms with Crippen LogP contribution in [0.25, 0.3) is 14.7 Å². The standard InChI is InChI=1S/C35H21ClF4O4S2/c37-28-9-1-24(2-10-28)32-18-22(19-33(45-32)25-3-11-29(38)12-4-25)17-23-20-34(26-5-13-30(39)14-6-26)46(44-36(41,42)43)35(21-23)27-7-15-31(40)16-8-27/h1-21H. The van der Waals surface area contributed by atoms with Crippen LogP contribution in [0.3, 0.4) is 0 Å². The summed E-state index contributed by atoms with van der Waals surface area (Å²) in [4.78, 5) is 2.12. The maximum absolute atomic E-state index is 13.9. The van der Waals surface area contributed by atoms with Gasteiger partial charge in [0.25, 0.3) is 0 Å². The van der Waals surface area contributed by atoms with Crippen molar-refractivity contribution >= 4 is 42.1 Å². The maximum Gasteiger partial charge on any atom is 0.148 e. The van der Waals surface area contributed by atoms with Crippen molar-refractivity contribution in [2.75, 3.05) is 0 Å². The Morgan fingerprint density at radius 1 is 0.543 bits per heavy atom. The molecule has 0 spiro atoms.